The lowest BCUT2D eigenvalue weighted by Crippen LogP contribution is -2.50. The summed E-state index contributed by atoms with van der Waals surface area (Å²) < 4.78 is 0. The van der Waals surface area contributed by atoms with Gasteiger partial charge in [-0.15, -0.1) is 0 Å². The minimum Gasteiger partial charge on any atom is -0.481 e. The van der Waals surface area contributed by atoms with Crippen molar-refractivity contribution in [1.82, 2.24) is 4.90 Å². The van der Waals surface area contributed by atoms with Gasteiger partial charge in [-0.05, 0) is 30.7 Å². The van der Waals surface area contributed by atoms with Gasteiger partial charge in [-0.2, -0.15) is 0 Å². The van der Waals surface area contributed by atoms with E-state index in [1.54, 1.807) is 0 Å². The zero-order chi connectivity index (χ0) is 14.5. The molecule has 4 nitrogen and oxygen atoms in total. The topological polar surface area (TPSA) is 43.8 Å². The van der Waals surface area contributed by atoms with Crippen LogP contribution in [0.15, 0.2) is 24.3 Å². The van der Waals surface area contributed by atoms with Crippen LogP contribution in [0.4, 0.5) is 5.69 Å². The van der Waals surface area contributed by atoms with Gasteiger partial charge in [0.1, 0.15) is 0 Å². The van der Waals surface area contributed by atoms with Crippen molar-refractivity contribution in [3.05, 3.63) is 29.3 Å². The average molecular weight is 297 g/mol. The van der Waals surface area contributed by atoms with Crippen LogP contribution >= 0.6 is 11.6 Å². The van der Waals surface area contributed by atoms with E-state index in [0.717, 1.165) is 37.6 Å². The molecule has 1 aliphatic heterocycles. The quantitative estimate of drug-likeness (QED) is 0.907. The van der Waals surface area contributed by atoms with Gasteiger partial charge in [0.2, 0.25) is 0 Å². The van der Waals surface area contributed by atoms with Crippen molar-refractivity contribution in [2.45, 2.75) is 25.8 Å². The third-order valence-electron chi connectivity index (χ3n) is 3.90. The number of carboxylic acids is 1. The van der Waals surface area contributed by atoms with Crippen molar-refractivity contribution in [2.75, 3.05) is 31.1 Å². The minimum atomic E-state index is -0.711. The molecule has 0 aliphatic carbocycles. The molecule has 0 amide bonds. The Bertz CT molecular complexity index is 442. The highest BCUT2D eigenvalue weighted by Gasteiger charge is 2.24. The van der Waals surface area contributed by atoms with Gasteiger partial charge in [0, 0.05) is 42.9 Å². The molecule has 1 heterocycles. The molecule has 1 N–H and O–H groups in total. The Balaban J connectivity index is 1.91. The van der Waals surface area contributed by atoms with E-state index >= 15 is 0 Å². The van der Waals surface area contributed by atoms with Crippen molar-refractivity contribution < 1.29 is 9.90 Å². The number of nitrogens with zero attached hydrogens (tertiary/aromatic N) is 2. The normalized spacial score (nSPS) is 18.0. The molecule has 2 rings (SSSR count). The smallest absolute Gasteiger partial charge is 0.304 e. The van der Waals surface area contributed by atoms with Crippen molar-refractivity contribution in [2.24, 2.45) is 0 Å². The largest absolute Gasteiger partial charge is 0.481 e. The maximum absolute atomic E-state index is 10.9. The van der Waals surface area contributed by atoms with Crippen molar-refractivity contribution >= 4 is 23.3 Å². The third-order valence-corrected chi connectivity index (χ3v) is 4.16. The predicted molar refractivity (Wildman–Crippen MR) is 81.6 cm³/mol. The molecular formula is C15H21ClN2O2. The molecule has 110 valence electrons. The van der Waals surface area contributed by atoms with Crippen LogP contribution in [-0.4, -0.2) is 48.2 Å². The van der Waals surface area contributed by atoms with Gasteiger partial charge in [-0.25, -0.2) is 0 Å². The SMILES string of the molecule is CCC(CC(=O)O)N1CCN(c2ccc(Cl)cc2)CC1. The number of benzene rings is 1. The summed E-state index contributed by atoms with van der Waals surface area (Å²) in [6, 6.07) is 8.03. The second-order valence-corrected chi connectivity index (χ2v) is 5.60. The second kappa shape index (κ2) is 6.95. The van der Waals surface area contributed by atoms with Crippen LogP contribution in [0.1, 0.15) is 19.8 Å². The highest BCUT2D eigenvalue weighted by molar-refractivity contribution is 6.30. The number of rotatable bonds is 5. The van der Waals surface area contributed by atoms with Crippen molar-refractivity contribution in [3.63, 3.8) is 0 Å². The fraction of sp³-hybridized carbons (Fsp3) is 0.533. The fourth-order valence-electron chi connectivity index (χ4n) is 2.73. The number of piperazine rings is 1. The molecule has 1 saturated heterocycles. The molecule has 20 heavy (non-hydrogen) atoms. The Morgan fingerprint density at radius 3 is 2.35 bits per heavy atom. The monoisotopic (exact) mass is 296 g/mol. The molecule has 1 fully saturated rings. The van der Waals surface area contributed by atoms with Crippen LogP contribution in [0.3, 0.4) is 0 Å². The lowest BCUT2D eigenvalue weighted by Gasteiger charge is -2.39. The third kappa shape index (κ3) is 3.87. The number of anilines is 1. The molecule has 1 atom stereocenters. The van der Waals surface area contributed by atoms with Gasteiger partial charge in [0.15, 0.2) is 0 Å². The summed E-state index contributed by atoms with van der Waals surface area (Å²) >= 11 is 5.90. The first-order valence-electron chi connectivity index (χ1n) is 7.06. The number of hydrogen-bond donors (Lipinski definition) is 1. The summed E-state index contributed by atoms with van der Waals surface area (Å²) in [5.74, 6) is -0.711. The Labute approximate surface area is 124 Å². The van der Waals surface area contributed by atoms with Crippen LogP contribution in [-0.2, 0) is 4.79 Å². The standard InChI is InChI=1S/C15H21ClN2O2/c1-2-13(11-15(19)20)17-7-9-18(10-8-17)14-5-3-12(16)4-6-14/h3-6,13H,2,7-11H2,1H3,(H,19,20). The van der Waals surface area contributed by atoms with Gasteiger partial charge in [-0.1, -0.05) is 18.5 Å². The fourth-order valence-corrected chi connectivity index (χ4v) is 2.86. The summed E-state index contributed by atoms with van der Waals surface area (Å²) in [4.78, 5) is 15.5. The van der Waals surface area contributed by atoms with E-state index in [1.165, 1.54) is 5.69 Å². The van der Waals surface area contributed by atoms with Crippen LogP contribution in [0, 0.1) is 0 Å². The molecule has 5 heteroatoms. The van der Waals surface area contributed by atoms with Crippen LogP contribution < -0.4 is 4.90 Å². The molecule has 1 unspecified atom stereocenters. The van der Waals surface area contributed by atoms with E-state index in [9.17, 15) is 4.79 Å². The van der Waals surface area contributed by atoms with Gasteiger partial charge in [-0.3, -0.25) is 9.69 Å². The zero-order valence-electron chi connectivity index (χ0n) is 11.8. The van der Waals surface area contributed by atoms with Gasteiger partial charge >= 0.3 is 5.97 Å². The van der Waals surface area contributed by atoms with E-state index in [0.29, 0.717) is 0 Å². The molecule has 0 saturated carbocycles. The predicted octanol–water partition coefficient (Wildman–Crippen LogP) is 2.72. The number of carboxylic acid groups (broad SMARTS) is 1. The highest BCUT2D eigenvalue weighted by atomic mass is 35.5. The minimum absolute atomic E-state index is 0.153. The number of carbonyl (C=O) groups is 1. The molecule has 0 radical (unpaired) electrons. The molecule has 0 aromatic heterocycles. The molecule has 1 aromatic carbocycles. The Hall–Kier alpha value is -1.26. The van der Waals surface area contributed by atoms with E-state index in [4.69, 9.17) is 16.7 Å². The Morgan fingerprint density at radius 1 is 1.25 bits per heavy atom. The first-order valence-corrected chi connectivity index (χ1v) is 7.44. The lowest BCUT2D eigenvalue weighted by atomic mass is 10.1. The molecule has 1 aromatic rings. The maximum atomic E-state index is 10.9. The molecule has 0 bridgehead atoms. The Morgan fingerprint density at radius 2 is 1.85 bits per heavy atom. The van der Waals surface area contributed by atoms with Gasteiger partial charge < -0.3 is 10.0 Å². The highest BCUT2D eigenvalue weighted by Crippen LogP contribution is 2.21. The molecule has 0 spiro atoms. The van der Waals surface area contributed by atoms with Crippen molar-refractivity contribution in [3.8, 4) is 0 Å². The Kier molecular flexibility index (Phi) is 5.26. The van der Waals surface area contributed by atoms with E-state index in [-0.39, 0.29) is 12.5 Å². The van der Waals surface area contributed by atoms with E-state index in [2.05, 4.69) is 16.7 Å². The van der Waals surface area contributed by atoms with Crippen LogP contribution in [0.2, 0.25) is 5.02 Å². The first-order chi connectivity index (χ1) is 9.60. The molecular weight excluding hydrogens is 276 g/mol. The molecule has 1 aliphatic rings. The number of hydrogen-bond acceptors (Lipinski definition) is 3. The number of halogens is 1. The lowest BCUT2D eigenvalue weighted by molar-refractivity contribution is -0.138. The second-order valence-electron chi connectivity index (χ2n) is 5.16. The summed E-state index contributed by atoms with van der Waals surface area (Å²) in [6.07, 6.45) is 1.12. The van der Waals surface area contributed by atoms with E-state index in [1.807, 2.05) is 24.3 Å². The summed E-state index contributed by atoms with van der Waals surface area (Å²) in [5, 5.41) is 9.70. The van der Waals surface area contributed by atoms with Gasteiger partial charge in [0.25, 0.3) is 0 Å². The maximum Gasteiger partial charge on any atom is 0.304 e. The summed E-state index contributed by atoms with van der Waals surface area (Å²) in [5.41, 5.74) is 1.18. The summed E-state index contributed by atoms with van der Waals surface area (Å²) in [7, 11) is 0. The summed E-state index contributed by atoms with van der Waals surface area (Å²) in [6.45, 7) is 5.73. The van der Waals surface area contributed by atoms with E-state index < -0.39 is 5.97 Å². The zero-order valence-corrected chi connectivity index (χ0v) is 12.5. The van der Waals surface area contributed by atoms with Crippen LogP contribution in [0.5, 0.6) is 0 Å². The van der Waals surface area contributed by atoms with Crippen LogP contribution in [0.25, 0.3) is 0 Å². The number of aliphatic carboxylic acids is 1. The van der Waals surface area contributed by atoms with Crippen molar-refractivity contribution in [1.29, 1.82) is 0 Å². The first kappa shape index (κ1) is 15.1. The average Bonchev–Trinajstić information content (AvgIpc) is 2.46. The van der Waals surface area contributed by atoms with Gasteiger partial charge in [0.05, 0.1) is 6.42 Å².